The van der Waals surface area contributed by atoms with Crippen LogP contribution in [0, 0.1) is 25.2 Å². The average Bonchev–Trinajstić information content (AvgIpc) is 2.61. The van der Waals surface area contributed by atoms with Crippen LogP contribution in [0.15, 0.2) is 42.5 Å². The first-order valence-corrected chi connectivity index (χ1v) is 8.64. The van der Waals surface area contributed by atoms with Crippen molar-refractivity contribution < 1.29 is 4.79 Å². The van der Waals surface area contributed by atoms with Gasteiger partial charge in [0.1, 0.15) is 0 Å². The van der Waals surface area contributed by atoms with Crippen molar-refractivity contribution in [2.75, 3.05) is 26.2 Å². The molecule has 1 fully saturated rings. The quantitative estimate of drug-likeness (QED) is 0.867. The molecule has 0 saturated carbocycles. The van der Waals surface area contributed by atoms with E-state index < -0.39 is 0 Å². The van der Waals surface area contributed by atoms with Crippen LogP contribution in [-0.2, 0) is 6.54 Å². The van der Waals surface area contributed by atoms with Crippen LogP contribution in [0.4, 0.5) is 0 Å². The highest BCUT2D eigenvalue weighted by molar-refractivity contribution is 5.94. The predicted octanol–water partition coefficient (Wildman–Crippen LogP) is 3.13. The zero-order valence-electron chi connectivity index (χ0n) is 14.8. The number of benzene rings is 2. The fourth-order valence-corrected chi connectivity index (χ4v) is 3.33. The highest BCUT2D eigenvalue weighted by Gasteiger charge is 2.22. The van der Waals surface area contributed by atoms with Crippen LogP contribution in [0.5, 0.6) is 0 Å². The van der Waals surface area contributed by atoms with E-state index in [4.69, 9.17) is 5.26 Å². The van der Waals surface area contributed by atoms with E-state index in [1.807, 2.05) is 55.1 Å². The molecule has 1 heterocycles. The average molecular weight is 333 g/mol. The third-order valence-electron chi connectivity index (χ3n) is 4.62. The summed E-state index contributed by atoms with van der Waals surface area (Å²) < 4.78 is 0. The molecular formula is C21H23N3O. The van der Waals surface area contributed by atoms with E-state index in [0.717, 1.165) is 49.4 Å². The minimum Gasteiger partial charge on any atom is -0.336 e. The minimum atomic E-state index is 0.129. The van der Waals surface area contributed by atoms with Gasteiger partial charge in [0, 0.05) is 38.3 Å². The largest absolute Gasteiger partial charge is 0.336 e. The molecule has 1 amide bonds. The number of nitrogens with zero attached hydrogens (tertiary/aromatic N) is 3. The van der Waals surface area contributed by atoms with Gasteiger partial charge in [0.2, 0.25) is 0 Å². The lowest BCUT2D eigenvalue weighted by Crippen LogP contribution is -2.48. The van der Waals surface area contributed by atoms with Crippen molar-refractivity contribution >= 4 is 5.91 Å². The first kappa shape index (κ1) is 17.2. The van der Waals surface area contributed by atoms with Crippen LogP contribution >= 0.6 is 0 Å². The Balaban J connectivity index is 1.57. The monoisotopic (exact) mass is 333 g/mol. The lowest BCUT2D eigenvalue weighted by atomic mass is 10.1. The van der Waals surface area contributed by atoms with Crippen LogP contribution in [0.3, 0.4) is 0 Å². The van der Waals surface area contributed by atoms with Crippen molar-refractivity contribution in [2.45, 2.75) is 20.4 Å². The summed E-state index contributed by atoms with van der Waals surface area (Å²) in [6.45, 7) is 8.16. The normalized spacial score (nSPS) is 15.0. The highest BCUT2D eigenvalue weighted by Crippen LogP contribution is 2.15. The standard InChI is InChI=1S/C21H23N3O/c1-16-11-17(2)13-20(12-16)21(25)24-9-7-23(8-10-24)15-19-5-3-18(14-22)4-6-19/h3-6,11-13H,7-10,15H2,1-2H3. The van der Waals surface area contributed by atoms with Gasteiger partial charge in [-0.15, -0.1) is 0 Å². The van der Waals surface area contributed by atoms with Crippen LogP contribution in [0.1, 0.15) is 32.6 Å². The van der Waals surface area contributed by atoms with Crippen molar-refractivity contribution in [1.29, 1.82) is 5.26 Å². The van der Waals surface area contributed by atoms with Gasteiger partial charge in [-0.25, -0.2) is 0 Å². The Morgan fingerprint density at radius 2 is 1.60 bits per heavy atom. The number of aryl methyl sites for hydroxylation is 2. The predicted molar refractivity (Wildman–Crippen MR) is 98.3 cm³/mol. The molecule has 4 nitrogen and oxygen atoms in total. The van der Waals surface area contributed by atoms with Crippen molar-refractivity contribution in [2.24, 2.45) is 0 Å². The van der Waals surface area contributed by atoms with E-state index in [1.165, 1.54) is 5.56 Å². The van der Waals surface area contributed by atoms with Gasteiger partial charge in [0.05, 0.1) is 11.6 Å². The van der Waals surface area contributed by atoms with E-state index in [-0.39, 0.29) is 5.91 Å². The van der Waals surface area contributed by atoms with Gasteiger partial charge in [-0.3, -0.25) is 9.69 Å². The summed E-state index contributed by atoms with van der Waals surface area (Å²) >= 11 is 0. The number of hydrogen-bond acceptors (Lipinski definition) is 3. The van der Waals surface area contributed by atoms with E-state index >= 15 is 0 Å². The number of carbonyl (C=O) groups excluding carboxylic acids is 1. The number of amides is 1. The molecule has 0 N–H and O–H groups in total. The topological polar surface area (TPSA) is 47.3 Å². The molecule has 2 aromatic rings. The summed E-state index contributed by atoms with van der Waals surface area (Å²) in [6.07, 6.45) is 0. The van der Waals surface area contributed by atoms with Gasteiger partial charge in [-0.2, -0.15) is 5.26 Å². The molecule has 1 aliphatic heterocycles. The van der Waals surface area contributed by atoms with Crippen molar-refractivity contribution in [3.8, 4) is 6.07 Å². The molecule has 1 saturated heterocycles. The molecule has 1 aliphatic rings. The third kappa shape index (κ3) is 4.26. The number of nitriles is 1. The Morgan fingerprint density at radius 3 is 2.16 bits per heavy atom. The van der Waals surface area contributed by atoms with E-state index in [1.54, 1.807) is 0 Å². The molecule has 3 rings (SSSR count). The summed E-state index contributed by atoms with van der Waals surface area (Å²) in [5.74, 6) is 0.129. The summed E-state index contributed by atoms with van der Waals surface area (Å²) in [5, 5.41) is 8.86. The van der Waals surface area contributed by atoms with Crippen LogP contribution in [0.2, 0.25) is 0 Å². The Hall–Kier alpha value is -2.64. The van der Waals surface area contributed by atoms with E-state index in [9.17, 15) is 4.79 Å². The van der Waals surface area contributed by atoms with Crippen molar-refractivity contribution in [3.63, 3.8) is 0 Å². The fourth-order valence-electron chi connectivity index (χ4n) is 3.33. The lowest BCUT2D eigenvalue weighted by Gasteiger charge is -2.35. The molecule has 0 radical (unpaired) electrons. The Morgan fingerprint density at radius 1 is 1.00 bits per heavy atom. The molecule has 4 heteroatoms. The molecule has 0 aromatic heterocycles. The van der Waals surface area contributed by atoms with Crippen LogP contribution < -0.4 is 0 Å². The summed E-state index contributed by atoms with van der Waals surface area (Å²) in [7, 11) is 0. The highest BCUT2D eigenvalue weighted by atomic mass is 16.2. The summed E-state index contributed by atoms with van der Waals surface area (Å²) in [4.78, 5) is 17.0. The van der Waals surface area contributed by atoms with Gasteiger partial charge >= 0.3 is 0 Å². The second-order valence-corrected chi connectivity index (χ2v) is 6.75. The number of rotatable bonds is 3. The number of hydrogen-bond donors (Lipinski definition) is 0. The van der Waals surface area contributed by atoms with Crippen molar-refractivity contribution in [3.05, 3.63) is 70.3 Å². The van der Waals surface area contributed by atoms with Crippen LogP contribution in [-0.4, -0.2) is 41.9 Å². The van der Waals surface area contributed by atoms with Gasteiger partial charge in [0.15, 0.2) is 0 Å². The van der Waals surface area contributed by atoms with Gasteiger partial charge in [0.25, 0.3) is 5.91 Å². The molecule has 0 aliphatic carbocycles. The Kier molecular flexibility index (Phi) is 5.16. The number of carbonyl (C=O) groups is 1. The molecular weight excluding hydrogens is 310 g/mol. The van der Waals surface area contributed by atoms with Crippen molar-refractivity contribution in [1.82, 2.24) is 9.80 Å². The smallest absolute Gasteiger partial charge is 0.253 e. The molecule has 0 spiro atoms. The van der Waals surface area contributed by atoms with E-state index in [2.05, 4.69) is 17.0 Å². The molecule has 25 heavy (non-hydrogen) atoms. The molecule has 0 bridgehead atoms. The minimum absolute atomic E-state index is 0.129. The third-order valence-corrected chi connectivity index (χ3v) is 4.62. The maximum Gasteiger partial charge on any atom is 0.253 e. The van der Waals surface area contributed by atoms with Gasteiger partial charge < -0.3 is 4.90 Å². The zero-order chi connectivity index (χ0) is 17.8. The molecule has 2 aromatic carbocycles. The van der Waals surface area contributed by atoms with Crippen LogP contribution in [0.25, 0.3) is 0 Å². The molecule has 0 unspecified atom stereocenters. The maximum atomic E-state index is 12.7. The molecule has 128 valence electrons. The van der Waals surface area contributed by atoms with Gasteiger partial charge in [-0.05, 0) is 43.7 Å². The SMILES string of the molecule is Cc1cc(C)cc(C(=O)N2CCN(Cc3ccc(C#N)cc3)CC2)c1. The summed E-state index contributed by atoms with van der Waals surface area (Å²) in [6, 6.07) is 15.9. The first-order chi connectivity index (χ1) is 12.0. The van der Waals surface area contributed by atoms with Gasteiger partial charge in [-0.1, -0.05) is 29.3 Å². The zero-order valence-corrected chi connectivity index (χ0v) is 14.8. The fraction of sp³-hybridized carbons (Fsp3) is 0.333. The molecule has 0 atom stereocenters. The Labute approximate surface area is 149 Å². The summed E-state index contributed by atoms with van der Waals surface area (Å²) in [5.41, 5.74) is 4.93. The lowest BCUT2D eigenvalue weighted by molar-refractivity contribution is 0.0628. The second kappa shape index (κ2) is 7.50. The maximum absolute atomic E-state index is 12.7. The second-order valence-electron chi connectivity index (χ2n) is 6.75. The number of piperazine rings is 1. The Bertz CT molecular complexity index is 777. The van der Waals surface area contributed by atoms with E-state index in [0.29, 0.717) is 5.56 Å². The first-order valence-electron chi connectivity index (χ1n) is 8.64.